The number of methoxy groups -OCH3 is 2. The van der Waals surface area contributed by atoms with Crippen molar-refractivity contribution in [3.05, 3.63) is 59.2 Å². The first-order chi connectivity index (χ1) is 10.2. The standard InChI is InChI=1S/C18H21NO2/c1-14-4-6-16(7-5-14)13-19-11-10-15-8-9-17(20-2)18(12-15)21-3/h4-9,12-13H,10-11H2,1-3H3. The lowest BCUT2D eigenvalue weighted by Crippen LogP contribution is -1.95. The van der Waals surface area contributed by atoms with Crippen LogP contribution in [0.15, 0.2) is 47.5 Å². The topological polar surface area (TPSA) is 30.8 Å². The Balaban J connectivity index is 1.92. The quantitative estimate of drug-likeness (QED) is 0.757. The minimum Gasteiger partial charge on any atom is -0.493 e. The van der Waals surface area contributed by atoms with E-state index in [2.05, 4.69) is 36.2 Å². The van der Waals surface area contributed by atoms with Crippen molar-refractivity contribution < 1.29 is 9.47 Å². The number of aryl methyl sites for hydroxylation is 1. The third kappa shape index (κ3) is 4.35. The normalized spacial score (nSPS) is 10.8. The molecule has 0 aliphatic rings. The van der Waals surface area contributed by atoms with Crippen molar-refractivity contribution in [1.82, 2.24) is 0 Å². The van der Waals surface area contributed by atoms with Crippen LogP contribution in [0.4, 0.5) is 0 Å². The van der Waals surface area contributed by atoms with E-state index in [1.807, 2.05) is 24.4 Å². The van der Waals surface area contributed by atoms with Gasteiger partial charge in [0.05, 0.1) is 14.2 Å². The highest BCUT2D eigenvalue weighted by molar-refractivity contribution is 5.79. The smallest absolute Gasteiger partial charge is 0.160 e. The van der Waals surface area contributed by atoms with Crippen LogP contribution >= 0.6 is 0 Å². The second-order valence-corrected chi connectivity index (χ2v) is 4.89. The van der Waals surface area contributed by atoms with Gasteiger partial charge in [0.15, 0.2) is 11.5 Å². The van der Waals surface area contributed by atoms with Gasteiger partial charge in [0.25, 0.3) is 0 Å². The van der Waals surface area contributed by atoms with Gasteiger partial charge in [-0.1, -0.05) is 35.9 Å². The Labute approximate surface area is 126 Å². The van der Waals surface area contributed by atoms with Crippen LogP contribution in [0.3, 0.4) is 0 Å². The van der Waals surface area contributed by atoms with Crippen molar-refractivity contribution in [2.24, 2.45) is 4.99 Å². The van der Waals surface area contributed by atoms with E-state index in [0.29, 0.717) is 0 Å². The molecule has 3 heteroatoms. The maximum absolute atomic E-state index is 5.30. The first-order valence-electron chi connectivity index (χ1n) is 7.00. The molecule has 2 rings (SSSR count). The fourth-order valence-electron chi connectivity index (χ4n) is 2.05. The van der Waals surface area contributed by atoms with E-state index < -0.39 is 0 Å². The van der Waals surface area contributed by atoms with Crippen molar-refractivity contribution in [2.75, 3.05) is 20.8 Å². The lowest BCUT2D eigenvalue weighted by molar-refractivity contribution is 0.354. The van der Waals surface area contributed by atoms with E-state index in [0.717, 1.165) is 30.0 Å². The predicted molar refractivity (Wildman–Crippen MR) is 86.9 cm³/mol. The largest absolute Gasteiger partial charge is 0.493 e. The zero-order chi connectivity index (χ0) is 15.1. The molecule has 0 fully saturated rings. The molecule has 0 amide bonds. The van der Waals surface area contributed by atoms with Crippen molar-refractivity contribution >= 4 is 6.21 Å². The molecule has 2 aromatic rings. The summed E-state index contributed by atoms with van der Waals surface area (Å²) in [7, 11) is 3.29. The highest BCUT2D eigenvalue weighted by atomic mass is 16.5. The third-order valence-corrected chi connectivity index (χ3v) is 3.30. The number of hydrogen-bond donors (Lipinski definition) is 0. The Bertz CT molecular complexity index is 603. The number of ether oxygens (including phenoxy) is 2. The molecular formula is C18H21NO2. The molecule has 0 radical (unpaired) electrons. The SMILES string of the molecule is COc1ccc(CCN=Cc2ccc(C)cc2)cc1OC. The van der Waals surface area contributed by atoms with E-state index in [-0.39, 0.29) is 0 Å². The molecule has 0 saturated heterocycles. The van der Waals surface area contributed by atoms with Crippen LogP contribution in [-0.2, 0) is 6.42 Å². The Hall–Kier alpha value is -2.29. The van der Waals surface area contributed by atoms with Gasteiger partial charge in [0.1, 0.15) is 0 Å². The molecule has 0 heterocycles. The minimum atomic E-state index is 0.753. The van der Waals surface area contributed by atoms with E-state index in [1.165, 1.54) is 11.1 Å². The summed E-state index contributed by atoms with van der Waals surface area (Å²) in [4.78, 5) is 4.47. The van der Waals surface area contributed by atoms with Gasteiger partial charge in [-0.25, -0.2) is 0 Å². The van der Waals surface area contributed by atoms with Gasteiger partial charge in [-0.2, -0.15) is 0 Å². The average molecular weight is 283 g/mol. The molecule has 0 spiro atoms. The van der Waals surface area contributed by atoms with Gasteiger partial charge in [0.2, 0.25) is 0 Å². The minimum absolute atomic E-state index is 0.753. The number of nitrogens with zero attached hydrogens (tertiary/aromatic N) is 1. The van der Waals surface area contributed by atoms with E-state index >= 15 is 0 Å². The van der Waals surface area contributed by atoms with Gasteiger partial charge in [-0.3, -0.25) is 4.99 Å². The first kappa shape index (κ1) is 15.1. The monoisotopic (exact) mass is 283 g/mol. The summed E-state index contributed by atoms with van der Waals surface area (Å²) in [5.74, 6) is 1.52. The fourth-order valence-corrected chi connectivity index (χ4v) is 2.05. The molecule has 0 aromatic heterocycles. The van der Waals surface area contributed by atoms with Crippen molar-refractivity contribution in [2.45, 2.75) is 13.3 Å². The van der Waals surface area contributed by atoms with E-state index in [1.54, 1.807) is 14.2 Å². The van der Waals surface area contributed by atoms with Gasteiger partial charge in [0, 0.05) is 12.8 Å². The molecule has 0 N–H and O–H groups in total. The van der Waals surface area contributed by atoms with Crippen LogP contribution in [0, 0.1) is 6.92 Å². The van der Waals surface area contributed by atoms with Crippen molar-refractivity contribution in [3.63, 3.8) is 0 Å². The van der Waals surface area contributed by atoms with Gasteiger partial charge < -0.3 is 9.47 Å². The van der Waals surface area contributed by atoms with Crippen LogP contribution in [-0.4, -0.2) is 27.0 Å². The highest BCUT2D eigenvalue weighted by Crippen LogP contribution is 2.27. The summed E-state index contributed by atoms with van der Waals surface area (Å²) in [6.45, 7) is 2.83. The van der Waals surface area contributed by atoms with E-state index in [9.17, 15) is 0 Å². The maximum atomic E-state index is 5.30. The summed E-state index contributed by atoms with van der Waals surface area (Å²) in [5, 5.41) is 0. The van der Waals surface area contributed by atoms with Crippen molar-refractivity contribution in [3.8, 4) is 11.5 Å². The Kier molecular flexibility index (Phi) is 5.38. The Morgan fingerprint density at radius 1 is 0.952 bits per heavy atom. The lowest BCUT2D eigenvalue weighted by atomic mass is 10.1. The molecule has 21 heavy (non-hydrogen) atoms. The van der Waals surface area contributed by atoms with Gasteiger partial charge in [-0.05, 0) is 36.6 Å². The molecule has 0 saturated carbocycles. The number of aliphatic imine (C=N–C) groups is 1. The zero-order valence-corrected chi connectivity index (χ0v) is 12.8. The maximum Gasteiger partial charge on any atom is 0.160 e. The summed E-state index contributed by atoms with van der Waals surface area (Å²) in [6.07, 6.45) is 2.79. The lowest BCUT2D eigenvalue weighted by Gasteiger charge is -2.08. The second-order valence-electron chi connectivity index (χ2n) is 4.89. The molecule has 0 aliphatic carbocycles. The molecule has 0 atom stereocenters. The highest BCUT2D eigenvalue weighted by Gasteiger charge is 2.03. The zero-order valence-electron chi connectivity index (χ0n) is 12.8. The number of rotatable bonds is 6. The van der Waals surface area contributed by atoms with Crippen LogP contribution in [0.2, 0.25) is 0 Å². The average Bonchev–Trinajstić information content (AvgIpc) is 2.53. The van der Waals surface area contributed by atoms with E-state index in [4.69, 9.17) is 9.47 Å². The molecule has 110 valence electrons. The molecule has 0 unspecified atom stereocenters. The van der Waals surface area contributed by atoms with Crippen LogP contribution < -0.4 is 9.47 Å². The predicted octanol–water partition coefficient (Wildman–Crippen LogP) is 3.67. The second kappa shape index (κ2) is 7.48. The number of hydrogen-bond acceptors (Lipinski definition) is 3. The number of benzene rings is 2. The summed E-state index contributed by atoms with van der Waals surface area (Å²) < 4.78 is 10.5. The van der Waals surface area contributed by atoms with Crippen LogP contribution in [0.5, 0.6) is 11.5 Å². The summed E-state index contributed by atoms with van der Waals surface area (Å²) in [6, 6.07) is 14.3. The van der Waals surface area contributed by atoms with Gasteiger partial charge >= 0.3 is 0 Å². The summed E-state index contributed by atoms with van der Waals surface area (Å²) >= 11 is 0. The fraction of sp³-hybridized carbons (Fsp3) is 0.278. The molecule has 2 aromatic carbocycles. The Morgan fingerprint density at radius 3 is 2.33 bits per heavy atom. The van der Waals surface area contributed by atoms with Gasteiger partial charge in [-0.15, -0.1) is 0 Å². The Morgan fingerprint density at radius 2 is 1.67 bits per heavy atom. The van der Waals surface area contributed by atoms with Crippen LogP contribution in [0.25, 0.3) is 0 Å². The molecule has 0 bridgehead atoms. The van der Waals surface area contributed by atoms with Crippen LogP contribution in [0.1, 0.15) is 16.7 Å². The molecule has 3 nitrogen and oxygen atoms in total. The first-order valence-corrected chi connectivity index (χ1v) is 7.00. The molecule has 0 aliphatic heterocycles. The third-order valence-electron chi connectivity index (χ3n) is 3.30. The summed E-state index contributed by atoms with van der Waals surface area (Å²) in [5.41, 5.74) is 3.58. The van der Waals surface area contributed by atoms with Crippen molar-refractivity contribution in [1.29, 1.82) is 0 Å². The molecular weight excluding hydrogens is 262 g/mol.